The Bertz CT molecular complexity index is 426. The fourth-order valence-electron chi connectivity index (χ4n) is 1.12. The standard InChI is InChI=1S/C9H9N2/c10-11-7-3-5-8-4-1-2-6-9(8)11/h1-7H,10H2/q+1/i7D. The van der Waals surface area contributed by atoms with Gasteiger partial charge in [-0.25, -0.2) is 5.84 Å². The van der Waals surface area contributed by atoms with Gasteiger partial charge in [0.2, 0.25) is 5.52 Å². The number of nitrogens with two attached hydrogens (primary N) is 1. The van der Waals surface area contributed by atoms with Crippen LogP contribution in [0.25, 0.3) is 10.9 Å². The number of rotatable bonds is 0. The minimum absolute atomic E-state index is 0.314. The second-order valence-corrected chi connectivity index (χ2v) is 2.39. The van der Waals surface area contributed by atoms with E-state index in [-0.39, 0.29) is 0 Å². The molecule has 0 unspecified atom stereocenters. The molecular formula is C9H9N2+. The number of nitrogen functional groups attached to an aromatic ring is 1. The summed E-state index contributed by atoms with van der Waals surface area (Å²) < 4.78 is 8.81. The maximum Gasteiger partial charge on any atom is 0.242 e. The maximum absolute atomic E-state index is 7.44. The Kier molecular flexibility index (Phi) is 1.04. The van der Waals surface area contributed by atoms with Crippen molar-refractivity contribution in [2.75, 3.05) is 5.84 Å². The van der Waals surface area contributed by atoms with Crippen molar-refractivity contribution in [2.45, 2.75) is 0 Å². The molecule has 0 aliphatic heterocycles. The molecule has 0 saturated heterocycles. The fraction of sp³-hybridized carbons (Fsp3) is 0. The minimum atomic E-state index is 0.314. The normalized spacial score (nSPS) is 11.5. The van der Waals surface area contributed by atoms with Crippen molar-refractivity contribution >= 4 is 10.9 Å². The van der Waals surface area contributed by atoms with E-state index in [4.69, 9.17) is 7.21 Å². The highest BCUT2D eigenvalue weighted by atomic mass is 15.3. The van der Waals surface area contributed by atoms with Crippen molar-refractivity contribution in [3.05, 3.63) is 42.6 Å². The third kappa shape index (κ3) is 0.923. The predicted molar refractivity (Wildman–Crippen MR) is 44.3 cm³/mol. The van der Waals surface area contributed by atoms with Gasteiger partial charge in [-0.1, -0.05) is 16.8 Å². The van der Waals surface area contributed by atoms with Crippen LogP contribution >= 0.6 is 0 Å². The van der Waals surface area contributed by atoms with Gasteiger partial charge in [-0.2, -0.15) is 0 Å². The zero-order valence-corrected chi connectivity index (χ0v) is 5.99. The van der Waals surface area contributed by atoms with Gasteiger partial charge in [0.25, 0.3) is 0 Å². The van der Waals surface area contributed by atoms with Crippen LogP contribution in [0.15, 0.2) is 42.6 Å². The number of nitrogens with zero attached hydrogens (tertiary/aromatic N) is 1. The lowest BCUT2D eigenvalue weighted by atomic mass is 10.2. The lowest BCUT2D eigenvalue weighted by Crippen LogP contribution is -2.44. The first kappa shape index (κ1) is 5.13. The average molecular weight is 146 g/mol. The second-order valence-electron chi connectivity index (χ2n) is 2.39. The number of benzene rings is 1. The van der Waals surface area contributed by atoms with Crippen molar-refractivity contribution < 1.29 is 6.05 Å². The van der Waals surface area contributed by atoms with Crippen molar-refractivity contribution in [2.24, 2.45) is 0 Å². The van der Waals surface area contributed by atoms with Crippen LogP contribution in [-0.4, -0.2) is 0 Å². The molecular weight excluding hydrogens is 136 g/mol. The SMILES string of the molecule is [2H]c1ccc2ccccc2[n+]1N. The highest BCUT2D eigenvalue weighted by Gasteiger charge is 2.00. The van der Waals surface area contributed by atoms with Crippen LogP contribution in [0.5, 0.6) is 0 Å². The third-order valence-electron chi connectivity index (χ3n) is 1.67. The van der Waals surface area contributed by atoms with E-state index in [1.54, 1.807) is 6.07 Å². The Balaban J connectivity index is 2.91. The molecule has 0 aliphatic carbocycles. The number of fused-ring (bicyclic) bond motifs is 1. The van der Waals surface area contributed by atoms with Crippen LogP contribution in [0, 0.1) is 0 Å². The van der Waals surface area contributed by atoms with Gasteiger partial charge in [0.1, 0.15) is 1.37 Å². The van der Waals surface area contributed by atoms with E-state index in [1.165, 1.54) is 4.68 Å². The van der Waals surface area contributed by atoms with Gasteiger partial charge in [-0.05, 0) is 12.1 Å². The Hall–Kier alpha value is -1.57. The summed E-state index contributed by atoms with van der Waals surface area (Å²) in [5, 5.41) is 1.05. The number of hydrogen-bond acceptors (Lipinski definition) is 1. The van der Waals surface area contributed by atoms with E-state index in [1.807, 2.05) is 30.3 Å². The topological polar surface area (TPSA) is 29.9 Å². The van der Waals surface area contributed by atoms with E-state index in [0.29, 0.717) is 6.17 Å². The van der Waals surface area contributed by atoms with E-state index >= 15 is 0 Å². The molecule has 0 fully saturated rings. The molecule has 0 aliphatic rings. The smallest absolute Gasteiger partial charge is 0.205 e. The molecule has 1 heterocycles. The van der Waals surface area contributed by atoms with Gasteiger partial charge in [0, 0.05) is 17.5 Å². The molecule has 0 amide bonds. The first-order chi connectivity index (χ1) is 5.79. The summed E-state index contributed by atoms with van der Waals surface area (Å²) >= 11 is 0. The third-order valence-corrected chi connectivity index (χ3v) is 1.67. The van der Waals surface area contributed by atoms with Gasteiger partial charge in [0.15, 0.2) is 6.17 Å². The van der Waals surface area contributed by atoms with Crippen LogP contribution in [0.4, 0.5) is 0 Å². The molecule has 2 rings (SSSR count). The number of para-hydroxylation sites is 1. The Morgan fingerprint density at radius 2 is 1.91 bits per heavy atom. The van der Waals surface area contributed by atoms with E-state index in [0.717, 1.165) is 10.9 Å². The first-order valence-corrected chi connectivity index (χ1v) is 3.44. The molecule has 2 nitrogen and oxygen atoms in total. The zero-order valence-electron chi connectivity index (χ0n) is 6.99. The number of aromatic nitrogens is 1. The summed E-state index contributed by atoms with van der Waals surface area (Å²) in [6, 6.07) is 11.3. The molecule has 2 N–H and O–H groups in total. The van der Waals surface area contributed by atoms with Crippen LogP contribution in [0.1, 0.15) is 1.37 Å². The van der Waals surface area contributed by atoms with E-state index in [2.05, 4.69) is 0 Å². The number of pyridine rings is 1. The Morgan fingerprint density at radius 1 is 1.18 bits per heavy atom. The molecule has 0 radical (unpaired) electrons. The number of hydrogen-bond donors (Lipinski definition) is 1. The molecule has 0 atom stereocenters. The molecule has 54 valence electrons. The van der Waals surface area contributed by atoms with Crippen LogP contribution in [0.2, 0.25) is 0 Å². The molecule has 1 aromatic heterocycles. The molecule has 2 aromatic rings. The van der Waals surface area contributed by atoms with E-state index < -0.39 is 0 Å². The molecule has 2 heteroatoms. The summed E-state index contributed by atoms with van der Waals surface area (Å²) in [5.41, 5.74) is 0.880. The van der Waals surface area contributed by atoms with Crippen LogP contribution in [0.3, 0.4) is 0 Å². The highest BCUT2D eigenvalue weighted by Crippen LogP contribution is 2.05. The summed E-state index contributed by atoms with van der Waals surface area (Å²) in [6.07, 6.45) is 0.314. The van der Waals surface area contributed by atoms with Gasteiger partial charge >= 0.3 is 0 Å². The molecule has 0 bridgehead atoms. The van der Waals surface area contributed by atoms with Gasteiger partial charge in [0.05, 0.1) is 0 Å². The van der Waals surface area contributed by atoms with Crippen molar-refractivity contribution in [1.29, 1.82) is 0 Å². The lowest BCUT2D eigenvalue weighted by Gasteiger charge is -1.91. The van der Waals surface area contributed by atoms with Crippen LogP contribution < -0.4 is 10.5 Å². The van der Waals surface area contributed by atoms with Crippen molar-refractivity contribution in [3.8, 4) is 0 Å². The molecule has 1 aromatic carbocycles. The average Bonchev–Trinajstić information content (AvgIpc) is 2.12. The van der Waals surface area contributed by atoms with Crippen molar-refractivity contribution in [1.82, 2.24) is 0 Å². The zero-order chi connectivity index (χ0) is 8.55. The quantitative estimate of drug-likeness (QED) is 0.433. The van der Waals surface area contributed by atoms with E-state index in [9.17, 15) is 0 Å². The summed E-state index contributed by atoms with van der Waals surface area (Å²) in [4.78, 5) is 0. The van der Waals surface area contributed by atoms with Gasteiger partial charge < -0.3 is 0 Å². The minimum Gasteiger partial charge on any atom is -0.205 e. The lowest BCUT2D eigenvalue weighted by molar-refractivity contribution is -0.611. The maximum atomic E-state index is 7.44. The fourth-order valence-corrected chi connectivity index (χ4v) is 1.12. The molecule has 0 saturated carbocycles. The molecule has 11 heavy (non-hydrogen) atoms. The molecule has 0 spiro atoms. The summed E-state index contributed by atoms with van der Waals surface area (Å²) in [5.74, 6) is 5.65. The second kappa shape index (κ2) is 2.23. The monoisotopic (exact) mass is 146 g/mol. The highest BCUT2D eigenvalue weighted by molar-refractivity contribution is 5.74. The predicted octanol–water partition coefficient (Wildman–Crippen LogP) is 0.841. The summed E-state index contributed by atoms with van der Waals surface area (Å²) in [7, 11) is 0. The van der Waals surface area contributed by atoms with Crippen LogP contribution in [-0.2, 0) is 0 Å². The van der Waals surface area contributed by atoms with Gasteiger partial charge in [-0.3, -0.25) is 0 Å². The largest absolute Gasteiger partial charge is 0.242 e. The van der Waals surface area contributed by atoms with Crippen molar-refractivity contribution in [3.63, 3.8) is 0 Å². The first-order valence-electron chi connectivity index (χ1n) is 3.94. The van der Waals surface area contributed by atoms with Gasteiger partial charge in [-0.15, -0.1) is 0 Å². The Morgan fingerprint density at radius 3 is 2.82 bits per heavy atom. The Labute approximate surface area is 66.3 Å². The summed E-state index contributed by atoms with van der Waals surface area (Å²) in [6.45, 7) is 0.